The highest BCUT2D eigenvalue weighted by Gasteiger charge is 2.66. The summed E-state index contributed by atoms with van der Waals surface area (Å²) in [7, 11) is 0. The van der Waals surface area contributed by atoms with Gasteiger partial charge in [0.15, 0.2) is 0 Å². The lowest BCUT2D eigenvalue weighted by Crippen LogP contribution is -2.37. The van der Waals surface area contributed by atoms with E-state index in [-0.39, 0.29) is 18.2 Å². The molecule has 1 atom stereocenters. The van der Waals surface area contributed by atoms with E-state index >= 15 is 0 Å². The van der Waals surface area contributed by atoms with Crippen LogP contribution in [-0.4, -0.2) is 35.7 Å². The molecule has 2 aliphatic heterocycles. The van der Waals surface area contributed by atoms with E-state index in [1.807, 2.05) is 60.9 Å². The number of carbonyl (C=O) groups is 1. The summed E-state index contributed by atoms with van der Waals surface area (Å²) in [5.41, 5.74) is 1.45. The summed E-state index contributed by atoms with van der Waals surface area (Å²) < 4.78 is 59.2. The smallest absolute Gasteiger partial charge is 0.427 e. The zero-order valence-corrected chi connectivity index (χ0v) is 19.2. The number of nitrogens with zero attached hydrogens (tertiary/aromatic N) is 2. The maximum atomic E-state index is 14.0. The van der Waals surface area contributed by atoms with E-state index in [9.17, 15) is 22.4 Å². The number of halogens is 4. The number of alkyl halides is 4. The molecular formula is C25H19F4N3O2S. The molecule has 2 aliphatic rings. The van der Waals surface area contributed by atoms with Crippen molar-refractivity contribution in [3.8, 4) is 5.75 Å². The van der Waals surface area contributed by atoms with Crippen molar-refractivity contribution in [2.24, 2.45) is 5.10 Å². The third-order valence-corrected chi connectivity index (χ3v) is 6.65. The molecule has 180 valence electrons. The van der Waals surface area contributed by atoms with Crippen LogP contribution in [0.4, 0.5) is 28.0 Å². The third-order valence-electron chi connectivity index (χ3n) is 5.91. The molecule has 0 bridgehead atoms. The molecule has 1 unspecified atom stereocenters. The Balaban J connectivity index is 1.42. The molecule has 0 fully saturated rings. The number of urea groups is 1. The van der Waals surface area contributed by atoms with Gasteiger partial charge in [0.2, 0.25) is 0 Å². The lowest BCUT2D eigenvalue weighted by Gasteiger charge is -2.17. The molecule has 3 aromatic carbocycles. The summed E-state index contributed by atoms with van der Waals surface area (Å²) in [6.07, 6.45) is -2.68. The number of thioether (sulfide) groups is 1. The molecule has 2 amide bonds. The van der Waals surface area contributed by atoms with Gasteiger partial charge in [-0.25, -0.2) is 9.80 Å². The Hall–Kier alpha value is -3.53. The molecule has 0 saturated carbocycles. The van der Waals surface area contributed by atoms with Crippen molar-refractivity contribution in [1.82, 2.24) is 5.01 Å². The molecule has 0 radical (unpaired) electrons. The van der Waals surface area contributed by atoms with Crippen LogP contribution >= 0.6 is 11.8 Å². The van der Waals surface area contributed by atoms with E-state index in [4.69, 9.17) is 0 Å². The normalized spacial score (nSPS) is 19.6. The average Bonchev–Trinajstić information content (AvgIpc) is 3.37. The van der Waals surface area contributed by atoms with Crippen molar-refractivity contribution in [3.63, 3.8) is 0 Å². The summed E-state index contributed by atoms with van der Waals surface area (Å²) in [6.45, 7) is 0.220. The maximum absolute atomic E-state index is 14.0. The van der Waals surface area contributed by atoms with Crippen molar-refractivity contribution in [3.05, 3.63) is 89.5 Å². The number of benzene rings is 3. The van der Waals surface area contributed by atoms with Crippen LogP contribution in [0.25, 0.3) is 0 Å². The monoisotopic (exact) mass is 501 g/mol. The topological polar surface area (TPSA) is 53.9 Å². The van der Waals surface area contributed by atoms with Crippen LogP contribution in [0.5, 0.6) is 5.75 Å². The van der Waals surface area contributed by atoms with Gasteiger partial charge in [-0.05, 0) is 47.7 Å². The van der Waals surface area contributed by atoms with Gasteiger partial charge >= 0.3 is 18.1 Å². The molecule has 5 rings (SSSR count). The van der Waals surface area contributed by atoms with E-state index in [2.05, 4.69) is 15.2 Å². The molecule has 35 heavy (non-hydrogen) atoms. The lowest BCUT2D eigenvalue weighted by atomic mass is 9.91. The van der Waals surface area contributed by atoms with Crippen molar-refractivity contribution in [1.29, 1.82) is 0 Å². The van der Waals surface area contributed by atoms with E-state index < -0.39 is 29.4 Å². The zero-order valence-electron chi connectivity index (χ0n) is 18.3. The van der Waals surface area contributed by atoms with Gasteiger partial charge in [-0.1, -0.05) is 42.5 Å². The molecular weight excluding hydrogens is 482 g/mol. The van der Waals surface area contributed by atoms with E-state index in [1.54, 1.807) is 11.8 Å². The molecule has 10 heteroatoms. The van der Waals surface area contributed by atoms with E-state index in [0.29, 0.717) is 5.71 Å². The molecule has 5 nitrogen and oxygen atoms in total. The predicted molar refractivity (Wildman–Crippen MR) is 126 cm³/mol. The standard InChI is InChI=1S/C25H19F4N3O2S/c1-35-18-10-7-16(8-11-18)22-19(15-5-3-2-4-6-15)14-32(31-22)23(33)30-17-9-12-21-20(13-17)24(26,27)25(28,29)34-21/h2-13,19H,14H2,1H3,(H,30,33). The van der Waals surface area contributed by atoms with Gasteiger partial charge in [-0.15, -0.1) is 11.8 Å². The Bertz CT molecular complexity index is 1300. The van der Waals surface area contributed by atoms with E-state index in [1.165, 1.54) is 11.1 Å². The van der Waals surface area contributed by atoms with Crippen LogP contribution in [0.1, 0.15) is 22.6 Å². The first-order valence-corrected chi connectivity index (χ1v) is 11.9. The second-order valence-corrected chi connectivity index (χ2v) is 8.97. The third kappa shape index (κ3) is 4.12. The van der Waals surface area contributed by atoms with Crippen LogP contribution in [0.3, 0.4) is 0 Å². The van der Waals surface area contributed by atoms with E-state index in [0.717, 1.165) is 28.2 Å². The van der Waals surface area contributed by atoms with Gasteiger partial charge in [0, 0.05) is 16.5 Å². The fraction of sp³-hybridized carbons (Fsp3) is 0.200. The lowest BCUT2D eigenvalue weighted by molar-refractivity contribution is -0.296. The second-order valence-electron chi connectivity index (χ2n) is 8.09. The fourth-order valence-corrected chi connectivity index (χ4v) is 4.49. The molecule has 0 spiro atoms. The number of rotatable bonds is 4. The SMILES string of the molecule is CSc1ccc(C2=NN(C(=O)Nc3ccc4c(c3)C(F)(F)C(F)(F)O4)CC2c2ccccc2)cc1. The number of amides is 2. The number of ether oxygens (including phenoxy) is 1. The van der Waals surface area contributed by atoms with Crippen LogP contribution < -0.4 is 10.1 Å². The number of fused-ring (bicyclic) bond motifs is 1. The Morgan fingerprint density at radius 3 is 2.46 bits per heavy atom. The van der Waals surface area contributed by atoms with Crippen LogP contribution in [0.2, 0.25) is 0 Å². The molecule has 0 saturated heterocycles. The summed E-state index contributed by atoms with van der Waals surface area (Å²) >= 11 is 1.61. The highest BCUT2D eigenvalue weighted by molar-refractivity contribution is 7.98. The highest BCUT2D eigenvalue weighted by atomic mass is 32.2. The Morgan fingerprint density at radius 1 is 1.06 bits per heavy atom. The highest BCUT2D eigenvalue weighted by Crippen LogP contribution is 2.53. The number of nitrogens with one attached hydrogen (secondary N) is 1. The zero-order chi connectivity index (χ0) is 24.8. The number of hydrogen-bond donors (Lipinski definition) is 1. The van der Waals surface area contributed by atoms with Crippen molar-refractivity contribution in [2.75, 3.05) is 18.1 Å². The first kappa shape index (κ1) is 23.2. The minimum Gasteiger partial charge on any atom is -0.427 e. The molecule has 0 aromatic heterocycles. The van der Waals surface area contributed by atoms with Crippen LogP contribution in [0, 0.1) is 0 Å². The summed E-state index contributed by atoms with van der Waals surface area (Å²) in [5, 5.41) is 8.23. The van der Waals surface area contributed by atoms with Crippen molar-refractivity contribution < 1.29 is 27.1 Å². The first-order chi connectivity index (χ1) is 16.7. The average molecular weight is 502 g/mol. The van der Waals surface area contributed by atoms with Crippen LogP contribution in [0.15, 0.2) is 82.8 Å². The van der Waals surface area contributed by atoms with Crippen molar-refractivity contribution in [2.45, 2.75) is 22.8 Å². The van der Waals surface area contributed by atoms with Gasteiger partial charge in [0.1, 0.15) is 5.75 Å². The first-order valence-electron chi connectivity index (χ1n) is 10.6. The predicted octanol–water partition coefficient (Wildman–Crippen LogP) is 6.52. The summed E-state index contributed by atoms with van der Waals surface area (Å²) in [6, 6.07) is 19.7. The largest absolute Gasteiger partial charge is 0.469 e. The number of anilines is 1. The van der Waals surface area contributed by atoms with Gasteiger partial charge in [-0.2, -0.15) is 22.7 Å². The van der Waals surface area contributed by atoms with Gasteiger partial charge < -0.3 is 10.1 Å². The minimum absolute atomic E-state index is 0.0704. The number of carbonyl (C=O) groups excluding carboxylic acids is 1. The van der Waals surface area contributed by atoms with Gasteiger partial charge in [-0.3, -0.25) is 0 Å². The molecule has 2 heterocycles. The quantitative estimate of drug-likeness (QED) is 0.327. The van der Waals surface area contributed by atoms with Crippen molar-refractivity contribution >= 4 is 29.2 Å². The fourth-order valence-electron chi connectivity index (χ4n) is 4.09. The Labute approximate surface area is 202 Å². The maximum Gasteiger partial charge on any atom is 0.469 e. The van der Waals surface area contributed by atoms with Gasteiger partial charge in [0.25, 0.3) is 0 Å². The minimum atomic E-state index is -4.65. The summed E-state index contributed by atoms with van der Waals surface area (Å²) in [5.74, 6) is -5.35. The number of hydrazone groups is 1. The Kier molecular flexibility index (Phi) is 5.71. The second kappa shape index (κ2) is 8.60. The van der Waals surface area contributed by atoms with Gasteiger partial charge in [0.05, 0.1) is 17.8 Å². The number of hydrogen-bond acceptors (Lipinski definition) is 4. The molecule has 1 N–H and O–H groups in total. The van der Waals surface area contributed by atoms with Crippen LogP contribution in [-0.2, 0) is 5.92 Å². The summed E-state index contributed by atoms with van der Waals surface area (Å²) in [4.78, 5) is 14.1. The Morgan fingerprint density at radius 2 is 1.77 bits per heavy atom. The molecule has 0 aliphatic carbocycles. The molecule has 3 aromatic rings.